The maximum absolute atomic E-state index is 12.4. The van der Waals surface area contributed by atoms with E-state index in [0.717, 1.165) is 30.5 Å². The van der Waals surface area contributed by atoms with Crippen molar-refractivity contribution in [2.45, 2.75) is 30.9 Å². The van der Waals surface area contributed by atoms with E-state index in [0.29, 0.717) is 16.6 Å². The summed E-state index contributed by atoms with van der Waals surface area (Å²) >= 11 is 1.23. The summed E-state index contributed by atoms with van der Waals surface area (Å²) in [6, 6.07) is 15.3. The van der Waals surface area contributed by atoms with Crippen LogP contribution in [-0.2, 0) is 16.0 Å². The number of carbonyl (C=O) groups is 2. The van der Waals surface area contributed by atoms with E-state index in [4.69, 9.17) is 4.74 Å². The third kappa shape index (κ3) is 4.54. The Morgan fingerprint density at radius 2 is 1.97 bits per heavy atom. The standard InChI is InChI=1S/C22H22N4O3S/c1-29-18-12-5-4-10-17(18)23-20(27)13-19-21(28)24-22(30-19)26-25-16-11-6-8-14-7-2-3-9-15(14)16/h2-5,7,9-10,12,19H,6,8,11,13H2,1H3,(H,23,27)(H,24,26,28)/b25-16+/t19-/m1/s1. The highest BCUT2D eigenvalue weighted by Crippen LogP contribution is 2.27. The SMILES string of the molecule is COc1ccccc1NC(=O)C[C@H]1S/C(=N\N=C2/CCCc3ccccc32)NC1=O. The highest BCUT2D eigenvalue weighted by atomic mass is 32.2. The number of fused-ring (bicyclic) bond motifs is 1. The maximum atomic E-state index is 12.4. The van der Waals surface area contributed by atoms with Crippen LogP contribution in [0.25, 0.3) is 0 Å². The van der Waals surface area contributed by atoms with E-state index in [1.807, 2.05) is 24.3 Å². The van der Waals surface area contributed by atoms with Gasteiger partial charge in [0.25, 0.3) is 0 Å². The number of ether oxygens (including phenoxy) is 1. The summed E-state index contributed by atoms with van der Waals surface area (Å²) in [6.45, 7) is 0. The molecule has 0 saturated carbocycles. The Labute approximate surface area is 179 Å². The van der Waals surface area contributed by atoms with E-state index in [9.17, 15) is 9.59 Å². The third-order valence-electron chi connectivity index (χ3n) is 4.98. The highest BCUT2D eigenvalue weighted by Gasteiger charge is 2.32. The van der Waals surface area contributed by atoms with Crippen LogP contribution in [0, 0.1) is 0 Å². The molecule has 2 N–H and O–H groups in total. The highest BCUT2D eigenvalue weighted by molar-refractivity contribution is 8.15. The van der Waals surface area contributed by atoms with Crippen LogP contribution >= 0.6 is 11.8 Å². The first kappa shape index (κ1) is 20.2. The van der Waals surface area contributed by atoms with Gasteiger partial charge in [0.2, 0.25) is 11.8 Å². The Balaban J connectivity index is 1.40. The van der Waals surface area contributed by atoms with Crippen molar-refractivity contribution >= 4 is 40.1 Å². The number of amidine groups is 1. The molecule has 0 bridgehead atoms. The number of amides is 2. The molecule has 7 nitrogen and oxygen atoms in total. The number of methoxy groups -OCH3 is 1. The number of aryl methyl sites for hydroxylation is 1. The van der Waals surface area contributed by atoms with Gasteiger partial charge in [0, 0.05) is 12.0 Å². The lowest BCUT2D eigenvalue weighted by atomic mass is 9.90. The molecule has 8 heteroatoms. The fourth-order valence-electron chi connectivity index (χ4n) is 3.51. The zero-order valence-corrected chi connectivity index (χ0v) is 17.4. The number of anilines is 1. The molecule has 1 fully saturated rings. The molecule has 1 heterocycles. The molecule has 2 aromatic carbocycles. The minimum atomic E-state index is -0.544. The number of para-hydroxylation sites is 2. The Kier molecular flexibility index (Phi) is 6.13. The third-order valence-corrected chi connectivity index (χ3v) is 6.05. The van der Waals surface area contributed by atoms with Gasteiger partial charge in [-0.1, -0.05) is 48.2 Å². The second kappa shape index (κ2) is 9.13. The van der Waals surface area contributed by atoms with Crippen molar-refractivity contribution in [3.8, 4) is 5.75 Å². The van der Waals surface area contributed by atoms with Crippen LogP contribution < -0.4 is 15.4 Å². The smallest absolute Gasteiger partial charge is 0.240 e. The van der Waals surface area contributed by atoms with Crippen molar-refractivity contribution in [1.29, 1.82) is 0 Å². The van der Waals surface area contributed by atoms with Gasteiger partial charge in [0.1, 0.15) is 11.0 Å². The van der Waals surface area contributed by atoms with E-state index in [1.54, 1.807) is 19.2 Å². The number of benzene rings is 2. The van der Waals surface area contributed by atoms with Gasteiger partial charge in [0.15, 0.2) is 5.17 Å². The fraction of sp³-hybridized carbons (Fsp3) is 0.273. The zero-order valence-electron chi connectivity index (χ0n) is 16.6. The number of hydrogen-bond donors (Lipinski definition) is 2. The molecule has 1 saturated heterocycles. The van der Waals surface area contributed by atoms with Crippen molar-refractivity contribution in [3.63, 3.8) is 0 Å². The van der Waals surface area contributed by atoms with Gasteiger partial charge in [-0.3, -0.25) is 9.59 Å². The van der Waals surface area contributed by atoms with Crippen molar-refractivity contribution in [2.24, 2.45) is 10.2 Å². The molecule has 0 radical (unpaired) electrons. The van der Waals surface area contributed by atoms with Crippen molar-refractivity contribution in [3.05, 3.63) is 59.7 Å². The molecular weight excluding hydrogens is 400 g/mol. The van der Waals surface area contributed by atoms with Gasteiger partial charge in [0.05, 0.1) is 18.5 Å². The topological polar surface area (TPSA) is 92.2 Å². The Morgan fingerprint density at radius 3 is 2.83 bits per heavy atom. The monoisotopic (exact) mass is 422 g/mol. The Morgan fingerprint density at radius 1 is 1.17 bits per heavy atom. The van der Waals surface area contributed by atoms with Gasteiger partial charge < -0.3 is 15.4 Å². The Bertz CT molecular complexity index is 1030. The predicted octanol–water partition coefficient (Wildman–Crippen LogP) is 3.35. The summed E-state index contributed by atoms with van der Waals surface area (Å²) in [6.07, 6.45) is 2.97. The molecule has 0 spiro atoms. The molecule has 2 aromatic rings. The van der Waals surface area contributed by atoms with E-state index in [-0.39, 0.29) is 18.2 Å². The van der Waals surface area contributed by atoms with Crippen LogP contribution in [0.1, 0.15) is 30.4 Å². The molecule has 1 aliphatic carbocycles. The first-order chi connectivity index (χ1) is 14.6. The number of nitrogens with zero attached hydrogens (tertiary/aromatic N) is 2. The van der Waals surface area contributed by atoms with Gasteiger partial charge in [-0.15, -0.1) is 5.10 Å². The molecule has 30 heavy (non-hydrogen) atoms. The summed E-state index contributed by atoms with van der Waals surface area (Å²) in [5.74, 6) is 0.0688. The molecule has 154 valence electrons. The maximum Gasteiger partial charge on any atom is 0.240 e. The average Bonchev–Trinajstić information content (AvgIpc) is 3.11. The first-order valence-electron chi connectivity index (χ1n) is 9.77. The number of rotatable bonds is 5. The lowest BCUT2D eigenvalue weighted by Gasteiger charge is -2.16. The largest absolute Gasteiger partial charge is 0.495 e. The fourth-order valence-corrected chi connectivity index (χ4v) is 4.43. The van der Waals surface area contributed by atoms with E-state index in [2.05, 4.69) is 33.0 Å². The summed E-state index contributed by atoms with van der Waals surface area (Å²) in [5.41, 5.74) is 3.90. The second-order valence-corrected chi connectivity index (χ2v) is 8.20. The van der Waals surface area contributed by atoms with Crippen molar-refractivity contribution in [1.82, 2.24) is 5.32 Å². The minimum absolute atomic E-state index is 0.0347. The van der Waals surface area contributed by atoms with E-state index in [1.165, 1.54) is 17.3 Å². The van der Waals surface area contributed by atoms with Crippen LogP contribution in [0.4, 0.5) is 5.69 Å². The molecule has 1 aliphatic heterocycles. The van der Waals surface area contributed by atoms with Crippen LogP contribution in [-0.4, -0.2) is 35.1 Å². The van der Waals surface area contributed by atoms with E-state index >= 15 is 0 Å². The molecule has 1 atom stereocenters. The summed E-state index contributed by atoms with van der Waals surface area (Å²) in [5, 5.41) is 14.0. The molecule has 4 rings (SSSR count). The quantitative estimate of drug-likeness (QED) is 0.723. The van der Waals surface area contributed by atoms with Gasteiger partial charge in [-0.05, 0) is 37.0 Å². The minimum Gasteiger partial charge on any atom is -0.495 e. The van der Waals surface area contributed by atoms with Crippen LogP contribution in [0.5, 0.6) is 5.75 Å². The molecule has 0 aromatic heterocycles. The van der Waals surface area contributed by atoms with Crippen molar-refractivity contribution in [2.75, 3.05) is 12.4 Å². The number of hydrogen-bond acceptors (Lipinski definition) is 6. The lowest BCUT2D eigenvalue weighted by Crippen LogP contribution is -2.28. The summed E-state index contributed by atoms with van der Waals surface area (Å²) in [7, 11) is 1.54. The molecule has 2 amide bonds. The number of nitrogens with one attached hydrogen (secondary N) is 2. The summed E-state index contributed by atoms with van der Waals surface area (Å²) < 4.78 is 5.24. The summed E-state index contributed by atoms with van der Waals surface area (Å²) in [4.78, 5) is 24.7. The first-order valence-corrected chi connectivity index (χ1v) is 10.6. The van der Waals surface area contributed by atoms with Crippen molar-refractivity contribution < 1.29 is 14.3 Å². The van der Waals surface area contributed by atoms with Gasteiger partial charge in [-0.25, -0.2) is 0 Å². The van der Waals surface area contributed by atoms with Gasteiger partial charge >= 0.3 is 0 Å². The lowest BCUT2D eigenvalue weighted by molar-refractivity contribution is -0.122. The van der Waals surface area contributed by atoms with Crippen LogP contribution in [0.3, 0.4) is 0 Å². The molecule has 0 unspecified atom stereocenters. The molecule has 2 aliphatic rings. The van der Waals surface area contributed by atoms with Gasteiger partial charge in [-0.2, -0.15) is 5.10 Å². The predicted molar refractivity (Wildman–Crippen MR) is 119 cm³/mol. The van der Waals surface area contributed by atoms with Crippen LogP contribution in [0.2, 0.25) is 0 Å². The van der Waals surface area contributed by atoms with Crippen LogP contribution in [0.15, 0.2) is 58.7 Å². The Hall–Kier alpha value is -3.13. The number of thioether (sulfide) groups is 1. The average molecular weight is 423 g/mol. The van der Waals surface area contributed by atoms with E-state index < -0.39 is 5.25 Å². The zero-order chi connectivity index (χ0) is 20.9. The second-order valence-electron chi connectivity index (χ2n) is 7.01. The normalized spacial score (nSPS) is 20.7. The molecular formula is C22H22N4O3S. The number of carbonyl (C=O) groups excluding carboxylic acids is 2.